The monoisotopic (exact) mass is 249 g/mol. The van der Waals surface area contributed by atoms with Crippen molar-refractivity contribution in [1.82, 2.24) is 4.90 Å². The molecule has 0 aromatic heterocycles. The van der Waals surface area contributed by atoms with E-state index in [9.17, 15) is 19.1 Å². The second kappa shape index (κ2) is 3.88. The molecule has 3 rings (SSSR count). The first-order valence-corrected chi connectivity index (χ1v) is 5.88. The predicted molar refractivity (Wildman–Crippen MR) is 60.9 cm³/mol. The lowest BCUT2D eigenvalue weighted by Crippen LogP contribution is -2.38. The van der Waals surface area contributed by atoms with Crippen molar-refractivity contribution in [3.8, 4) is 0 Å². The molecule has 1 aromatic rings. The Labute approximate surface area is 103 Å². The highest BCUT2D eigenvalue weighted by molar-refractivity contribution is 6.21. The van der Waals surface area contributed by atoms with Gasteiger partial charge in [0.15, 0.2) is 0 Å². The normalized spacial score (nSPS) is 31.0. The molecule has 4 nitrogen and oxygen atoms in total. The topological polar surface area (TPSA) is 57.6 Å². The number of nitrogens with zero attached hydrogens (tertiary/aromatic N) is 1. The number of rotatable bonds is 1. The predicted octanol–water partition coefficient (Wildman–Crippen LogP) is 1.14. The summed E-state index contributed by atoms with van der Waals surface area (Å²) >= 11 is 0. The highest BCUT2D eigenvalue weighted by atomic mass is 19.1. The van der Waals surface area contributed by atoms with Crippen molar-refractivity contribution >= 4 is 11.8 Å². The second-order valence-electron chi connectivity index (χ2n) is 4.73. The molecule has 1 fully saturated rings. The fourth-order valence-electron chi connectivity index (χ4n) is 2.69. The molecule has 1 heterocycles. The van der Waals surface area contributed by atoms with Crippen LogP contribution in [0.4, 0.5) is 4.39 Å². The number of aliphatic hydroxyl groups excluding tert-OH is 1. The van der Waals surface area contributed by atoms with Crippen molar-refractivity contribution in [1.29, 1.82) is 0 Å². The Morgan fingerprint density at radius 1 is 1.11 bits per heavy atom. The van der Waals surface area contributed by atoms with Crippen LogP contribution < -0.4 is 0 Å². The number of amides is 2. The quantitative estimate of drug-likeness (QED) is 0.759. The van der Waals surface area contributed by atoms with E-state index < -0.39 is 18.3 Å². The summed E-state index contributed by atoms with van der Waals surface area (Å²) in [6, 6.07) is 6.02. The summed E-state index contributed by atoms with van der Waals surface area (Å²) in [5, 5.41) is 9.39. The van der Waals surface area contributed by atoms with Crippen LogP contribution in [0.25, 0.3) is 0 Å². The average Bonchev–Trinajstić information content (AvgIpc) is 2.80. The molecule has 0 radical (unpaired) electrons. The van der Waals surface area contributed by atoms with Gasteiger partial charge in [0, 0.05) is 12.5 Å². The van der Waals surface area contributed by atoms with Gasteiger partial charge in [-0.2, -0.15) is 0 Å². The lowest BCUT2D eigenvalue weighted by Gasteiger charge is -2.21. The first kappa shape index (κ1) is 11.3. The van der Waals surface area contributed by atoms with Crippen LogP contribution in [-0.2, 0) is 0 Å². The third-order valence-electron chi connectivity index (χ3n) is 3.62. The van der Waals surface area contributed by atoms with Crippen molar-refractivity contribution in [2.45, 2.75) is 31.2 Å². The molecule has 1 saturated carbocycles. The molecule has 0 bridgehead atoms. The van der Waals surface area contributed by atoms with Gasteiger partial charge in [-0.05, 0) is 18.6 Å². The van der Waals surface area contributed by atoms with E-state index in [-0.39, 0.29) is 24.7 Å². The number of carbonyl (C=O) groups is 2. The Bertz CT molecular complexity index is 486. The summed E-state index contributed by atoms with van der Waals surface area (Å²) in [6.07, 6.45) is -2.31. The molecule has 0 spiro atoms. The fraction of sp³-hybridized carbons (Fsp3) is 0.385. The second-order valence-corrected chi connectivity index (χ2v) is 4.73. The van der Waals surface area contributed by atoms with E-state index in [1.807, 2.05) is 0 Å². The summed E-state index contributed by atoms with van der Waals surface area (Å²) in [5.41, 5.74) is 0.721. The van der Waals surface area contributed by atoms with Crippen molar-refractivity contribution in [3.63, 3.8) is 0 Å². The zero-order valence-corrected chi connectivity index (χ0v) is 9.54. The molecule has 94 valence electrons. The molecule has 5 heteroatoms. The van der Waals surface area contributed by atoms with Crippen molar-refractivity contribution < 1.29 is 19.1 Å². The van der Waals surface area contributed by atoms with Gasteiger partial charge in [-0.15, -0.1) is 0 Å². The molecule has 3 atom stereocenters. The van der Waals surface area contributed by atoms with Crippen LogP contribution in [0.2, 0.25) is 0 Å². The number of halogens is 1. The molecular formula is C13H12FNO3. The number of fused-ring (bicyclic) bond motifs is 1. The van der Waals surface area contributed by atoms with Gasteiger partial charge in [-0.25, -0.2) is 4.39 Å². The molecule has 1 aromatic carbocycles. The minimum Gasteiger partial charge on any atom is -0.390 e. The number of alkyl halides is 1. The molecule has 1 N–H and O–H groups in total. The molecule has 1 aliphatic heterocycles. The van der Waals surface area contributed by atoms with Gasteiger partial charge in [-0.3, -0.25) is 14.5 Å². The Kier molecular flexibility index (Phi) is 2.45. The summed E-state index contributed by atoms with van der Waals surface area (Å²) in [6.45, 7) is 0. The van der Waals surface area contributed by atoms with Gasteiger partial charge in [0.25, 0.3) is 11.8 Å². The summed E-state index contributed by atoms with van der Waals surface area (Å²) in [5.74, 6) is -0.774. The minimum atomic E-state index is -1.36. The van der Waals surface area contributed by atoms with Gasteiger partial charge in [0.2, 0.25) is 0 Å². The molecule has 0 saturated heterocycles. The molecule has 1 aliphatic carbocycles. The van der Waals surface area contributed by atoms with Gasteiger partial charge in [-0.1, -0.05) is 12.1 Å². The number of aliphatic hydroxyl groups is 1. The van der Waals surface area contributed by atoms with E-state index in [1.54, 1.807) is 24.3 Å². The number of imide groups is 1. The Morgan fingerprint density at radius 2 is 1.67 bits per heavy atom. The van der Waals surface area contributed by atoms with Crippen LogP contribution in [0.1, 0.15) is 33.6 Å². The van der Waals surface area contributed by atoms with E-state index >= 15 is 0 Å². The van der Waals surface area contributed by atoms with Crippen LogP contribution in [-0.4, -0.2) is 40.1 Å². The first-order valence-electron chi connectivity index (χ1n) is 5.88. The third-order valence-corrected chi connectivity index (χ3v) is 3.62. The third kappa shape index (κ3) is 1.47. The highest BCUT2D eigenvalue weighted by Crippen LogP contribution is 2.33. The smallest absolute Gasteiger partial charge is 0.261 e. The van der Waals surface area contributed by atoms with Gasteiger partial charge >= 0.3 is 0 Å². The Hall–Kier alpha value is -1.75. The molecule has 18 heavy (non-hydrogen) atoms. The number of carbonyl (C=O) groups excluding carboxylic acids is 2. The van der Waals surface area contributed by atoms with Crippen LogP contribution in [0.5, 0.6) is 0 Å². The van der Waals surface area contributed by atoms with Crippen molar-refractivity contribution in [2.75, 3.05) is 0 Å². The largest absolute Gasteiger partial charge is 0.390 e. The maximum Gasteiger partial charge on any atom is 0.261 e. The van der Waals surface area contributed by atoms with E-state index in [0.717, 1.165) is 4.90 Å². The van der Waals surface area contributed by atoms with E-state index in [0.29, 0.717) is 11.1 Å². The van der Waals surface area contributed by atoms with Crippen LogP contribution in [0, 0.1) is 0 Å². The summed E-state index contributed by atoms with van der Waals surface area (Å²) in [7, 11) is 0. The highest BCUT2D eigenvalue weighted by Gasteiger charge is 2.45. The van der Waals surface area contributed by atoms with Gasteiger partial charge in [0.05, 0.1) is 17.2 Å². The molecular weight excluding hydrogens is 237 g/mol. The lowest BCUT2D eigenvalue weighted by molar-refractivity contribution is 0.0575. The van der Waals surface area contributed by atoms with Crippen LogP contribution in [0.15, 0.2) is 24.3 Å². The fourth-order valence-corrected chi connectivity index (χ4v) is 2.69. The first-order chi connectivity index (χ1) is 8.59. The van der Waals surface area contributed by atoms with Gasteiger partial charge < -0.3 is 5.11 Å². The number of benzene rings is 1. The summed E-state index contributed by atoms with van der Waals surface area (Å²) < 4.78 is 13.3. The maximum absolute atomic E-state index is 13.3. The average molecular weight is 249 g/mol. The van der Waals surface area contributed by atoms with Crippen molar-refractivity contribution in [3.05, 3.63) is 35.4 Å². The number of hydrogen-bond acceptors (Lipinski definition) is 3. The molecule has 0 unspecified atom stereocenters. The number of hydrogen-bond donors (Lipinski definition) is 1. The summed E-state index contributed by atoms with van der Waals surface area (Å²) in [4.78, 5) is 25.3. The van der Waals surface area contributed by atoms with Crippen LogP contribution in [0.3, 0.4) is 0 Å². The zero-order valence-electron chi connectivity index (χ0n) is 9.54. The lowest BCUT2D eigenvalue weighted by atomic mass is 10.1. The van der Waals surface area contributed by atoms with Gasteiger partial charge in [0.1, 0.15) is 6.17 Å². The van der Waals surface area contributed by atoms with Crippen molar-refractivity contribution in [2.24, 2.45) is 0 Å². The Balaban J connectivity index is 1.93. The minimum absolute atomic E-state index is 0.0205. The van der Waals surface area contributed by atoms with Crippen LogP contribution >= 0.6 is 0 Å². The standard InChI is InChI=1S/C13H12FNO3/c14-10-5-7(6-11(10)16)15-12(17)8-3-1-2-4-9(8)13(15)18/h1-4,7,10-11,16H,5-6H2/t7-,10+,11+/m0/s1. The molecule has 2 aliphatic rings. The van der Waals surface area contributed by atoms with E-state index in [1.165, 1.54) is 0 Å². The molecule has 2 amide bonds. The maximum atomic E-state index is 13.3. The SMILES string of the molecule is O=C1c2ccccc2C(=O)N1[C@@H]1C[C@@H](O)[C@H](F)C1. The van der Waals surface area contributed by atoms with E-state index in [2.05, 4.69) is 0 Å². The van der Waals surface area contributed by atoms with E-state index in [4.69, 9.17) is 0 Å². The zero-order chi connectivity index (χ0) is 12.9. The Morgan fingerprint density at radius 3 is 2.11 bits per heavy atom.